The van der Waals surface area contributed by atoms with Gasteiger partial charge >= 0.3 is 0 Å². The fourth-order valence-electron chi connectivity index (χ4n) is 1.65. The van der Waals surface area contributed by atoms with Gasteiger partial charge in [0, 0.05) is 26.2 Å². The van der Waals surface area contributed by atoms with Crippen LogP contribution in [0.25, 0.3) is 0 Å². The second-order valence-corrected chi connectivity index (χ2v) is 4.04. The highest BCUT2D eigenvalue weighted by Crippen LogP contribution is 2.14. The number of hydrazine groups is 1. The van der Waals surface area contributed by atoms with E-state index in [4.69, 9.17) is 5.11 Å². The molecule has 0 aliphatic carbocycles. The molecule has 0 amide bonds. The molecule has 4 nitrogen and oxygen atoms in total. The summed E-state index contributed by atoms with van der Waals surface area (Å²) in [5.74, 6) is 0.476. The fourth-order valence-corrected chi connectivity index (χ4v) is 1.65. The van der Waals surface area contributed by atoms with Gasteiger partial charge in [-0.25, -0.2) is 5.01 Å². The van der Waals surface area contributed by atoms with Crippen LogP contribution in [-0.4, -0.2) is 47.6 Å². The monoisotopic (exact) mass is 202 g/mol. The number of hydrogen-bond donors (Lipinski definition) is 3. The smallest absolute Gasteiger partial charge is 0.0676 e. The molecule has 1 aliphatic heterocycles. The summed E-state index contributed by atoms with van der Waals surface area (Å²) in [5.41, 5.74) is 3.22. The lowest BCUT2D eigenvalue weighted by Crippen LogP contribution is -2.46. The highest BCUT2D eigenvalue weighted by Gasteiger charge is 2.18. The Morgan fingerprint density at radius 2 is 2.07 bits per heavy atom. The molecule has 1 rings (SSSR count). The number of hydrogen-bond acceptors (Lipinski definition) is 4. The van der Waals surface area contributed by atoms with E-state index in [0.29, 0.717) is 19.1 Å². The molecule has 0 bridgehead atoms. The minimum Gasteiger partial charge on any atom is -0.396 e. The molecule has 0 radical (unpaired) electrons. The zero-order chi connectivity index (χ0) is 10.4. The number of nitrogens with one attached hydrogen (secondary N) is 1. The highest BCUT2D eigenvalue weighted by molar-refractivity contribution is 4.69. The second kappa shape index (κ2) is 6.35. The molecule has 84 valence electrons. The average molecular weight is 202 g/mol. The van der Waals surface area contributed by atoms with Crippen molar-refractivity contribution >= 4 is 0 Å². The van der Waals surface area contributed by atoms with Crippen molar-refractivity contribution in [3.8, 4) is 0 Å². The van der Waals surface area contributed by atoms with E-state index in [-0.39, 0.29) is 6.10 Å². The molecule has 0 spiro atoms. The van der Waals surface area contributed by atoms with Crippen LogP contribution in [0.2, 0.25) is 0 Å². The lowest BCUT2D eigenvalue weighted by atomic mass is 9.99. The third kappa shape index (κ3) is 3.92. The standard InChI is InChI=1S/C10H22N2O2/c1-2-10(14)7-11-12-5-3-9(8-13)4-6-12/h9-11,13-14H,2-8H2,1H3. The molecule has 0 aromatic rings. The Morgan fingerprint density at radius 3 is 2.57 bits per heavy atom. The van der Waals surface area contributed by atoms with Gasteiger partial charge in [-0.2, -0.15) is 0 Å². The summed E-state index contributed by atoms with van der Waals surface area (Å²) in [6.07, 6.45) is 2.64. The van der Waals surface area contributed by atoms with Crippen molar-refractivity contribution in [1.82, 2.24) is 10.4 Å². The van der Waals surface area contributed by atoms with E-state index < -0.39 is 0 Å². The lowest BCUT2D eigenvalue weighted by molar-refractivity contribution is 0.0689. The van der Waals surface area contributed by atoms with Crippen molar-refractivity contribution in [2.75, 3.05) is 26.2 Å². The maximum atomic E-state index is 9.36. The molecule has 0 aromatic carbocycles. The first-order chi connectivity index (χ1) is 6.76. The van der Waals surface area contributed by atoms with Gasteiger partial charge in [-0.3, -0.25) is 5.43 Å². The van der Waals surface area contributed by atoms with E-state index in [0.717, 1.165) is 32.4 Å². The van der Waals surface area contributed by atoms with Crippen molar-refractivity contribution in [1.29, 1.82) is 0 Å². The van der Waals surface area contributed by atoms with Crippen molar-refractivity contribution in [2.45, 2.75) is 32.3 Å². The lowest BCUT2D eigenvalue weighted by Gasteiger charge is -2.31. The Hall–Kier alpha value is -0.160. The zero-order valence-electron chi connectivity index (χ0n) is 8.95. The van der Waals surface area contributed by atoms with Crippen LogP contribution in [-0.2, 0) is 0 Å². The van der Waals surface area contributed by atoms with Crippen LogP contribution in [0.4, 0.5) is 0 Å². The Morgan fingerprint density at radius 1 is 1.43 bits per heavy atom. The minimum absolute atomic E-state index is 0.245. The molecule has 0 aromatic heterocycles. The van der Waals surface area contributed by atoms with E-state index in [1.807, 2.05) is 6.92 Å². The molecule has 3 N–H and O–H groups in total. The molecule has 1 unspecified atom stereocenters. The maximum Gasteiger partial charge on any atom is 0.0676 e. The number of aliphatic hydroxyl groups excluding tert-OH is 2. The topological polar surface area (TPSA) is 55.7 Å². The van der Waals surface area contributed by atoms with Crippen LogP contribution in [0.15, 0.2) is 0 Å². The molecule has 1 aliphatic rings. The maximum absolute atomic E-state index is 9.36. The first-order valence-electron chi connectivity index (χ1n) is 5.53. The van der Waals surface area contributed by atoms with E-state index in [1.165, 1.54) is 0 Å². The van der Waals surface area contributed by atoms with E-state index in [9.17, 15) is 5.11 Å². The average Bonchev–Trinajstić information content (AvgIpc) is 2.26. The Bertz CT molecular complexity index is 147. The van der Waals surface area contributed by atoms with Gasteiger partial charge in [-0.1, -0.05) is 6.92 Å². The quantitative estimate of drug-likeness (QED) is 0.586. The number of rotatable bonds is 5. The number of aliphatic hydroxyl groups is 2. The Labute approximate surface area is 85.9 Å². The molecule has 1 saturated heterocycles. The molecule has 14 heavy (non-hydrogen) atoms. The molecular weight excluding hydrogens is 180 g/mol. The van der Waals surface area contributed by atoms with Gasteiger partial charge in [0.25, 0.3) is 0 Å². The zero-order valence-corrected chi connectivity index (χ0v) is 8.95. The predicted molar refractivity (Wildman–Crippen MR) is 55.7 cm³/mol. The normalized spacial score (nSPS) is 22.5. The van der Waals surface area contributed by atoms with E-state index >= 15 is 0 Å². The first kappa shape index (κ1) is 11.9. The van der Waals surface area contributed by atoms with Gasteiger partial charge in [0.15, 0.2) is 0 Å². The molecule has 4 heteroatoms. The minimum atomic E-state index is -0.245. The van der Waals surface area contributed by atoms with Crippen LogP contribution in [0.3, 0.4) is 0 Å². The summed E-state index contributed by atoms with van der Waals surface area (Å²) in [7, 11) is 0. The predicted octanol–water partition coefficient (Wildman–Crippen LogP) is -0.0338. The van der Waals surface area contributed by atoms with Gasteiger partial charge in [0.1, 0.15) is 0 Å². The van der Waals surface area contributed by atoms with Crippen LogP contribution < -0.4 is 5.43 Å². The van der Waals surface area contributed by atoms with Gasteiger partial charge in [0.05, 0.1) is 6.10 Å². The molecular formula is C10H22N2O2. The van der Waals surface area contributed by atoms with Crippen LogP contribution in [0, 0.1) is 5.92 Å². The van der Waals surface area contributed by atoms with Gasteiger partial charge < -0.3 is 10.2 Å². The molecule has 1 fully saturated rings. The summed E-state index contributed by atoms with van der Waals surface area (Å²) in [5, 5.41) is 20.5. The third-order valence-electron chi connectivity index (χ3n) is 2.89. The number of piperidine rings is 1. The van der Waals surface area contributed by atoms with Crippen LogP contribution >= 0.6 is 0 Å². The Balaban J connectivity index is 2.10. The van der Waals surface area contributed by atoms with Crippen molar-refractivity contribution in [3.05, 3.63) is 0 Å². The highest BCUT2D eigenvalue weighted by atomic mass is 16.3. The summed E-state index contributed by atoms with van der Waals surface area (Å²) in [4.78, 5) is 0. The van der Waals surface area contributed by atoms with Gasteiger partial charge in [0.2, 0.25) is 0 Å². The first-order valence-corrected chi connectivity index (χ1v) is 5.53. The third-order valence-corrected chi connectivity index (χ3v) is 2.89. The second-order valence-electron chi connectivity index (χ2n) is 4.04. The van der Waals surface area contributed by atoms with Crippen molar-refractivity contribution in [3.63, 3.8) is 0 Å². The summed E-state index contributed by atoms with van der Waals surface area (Å²) in [6, 6.07) is 0. The summed E-state index contributed by atoms with van der Waals surface area (Å²) < 4.78 is 0. The number of nitrogens with zero attached hydrogens (tertiary/aromatic N) is 1. The van der Waals surface area contributed by atoms with Crippen molar-refractivity contribution < 1.29 is 10.2 Å². The summed E-state index contributed by atoms with van der Waals surface area (Å²) >= 11 is 0. The van der Waals surface area contributed by atoms with Crippen LogP contribution in [0.5, 0.6) is 0 Å². The SMILES string of the molecule is CCC(O)CNN1CCC(CO)CC1. The van der Waals surface area contributed by atoms with Gasteiger partial charge in [-0.15, -0.1) is 0 Å². The summed E-state index contributed by atoms with van der Waals surface area (Å²) in [6.45, 7) is 4.87. The van der Waals surface area contributed by atoms with Crippen molar-refractivity contribution in [2.24, 2.45) is 5.92 Å². The largest absolute Gasteiger partial charge is 0.396 e. The molecule has 0 saturated carbocycles. The van der Waals surface area contributed by atoms with Gasteiger partial charge in [-0.05, 0) is 25.2 Å². The Kier molecular flexibility index (Phi) is 5.40. The van der Waals surface area contributed by atoms with E-state index in [1.54, 1.807) is 0 Å². The fraction of sp³-hybridized carbons (Fsp3) is 1.00. The van der Waals surface area contributed by atoms with E-state index in [2.05, 4.69) is 10.4 Å². The molecule has 1 atom stereocenters. The van der Waals surface area contributed by atoms with Crippen LogP contribution in [0.1, 0.15) is 26.2 Å². The molecule has 1 heterocycles.